The van der Waals surface area contributed by atoms with Crippen LogP contribution in [0.5, 0.6) is 11.5 Å². The summed E-state index contributed by atoms with van der Waals surface area (Å²) in [6.07, 6.45) is 5.02. The zero-order valence-corrected chi connectivity index (χ0v) is 12.2. The van der Waals surface area contributed by atoms with Gasteiger partial charge in [-0.15, -0.1) is 0 Å². The van der Waals surface area contributed by atoms with Crippen molar-refractivity contribution in [3.63, 3.8) is 0 Å². The summed E-state index contributed by atoms with van der Waals surface area (Å²) in [6, 6.07) is 5.55. The van der Waals surface area contributed by atoms with Crippen molar-refractivity contribution in [3.8, 4) is 11.5 Å². The molecule has 0 saturated carbocycles. The SMILES string of the molecule is CC(CO)CCCNC(=O)/C=C/c1ccc2c(c1)OCO2. The molecule has 0 bridgehead atoms. The molecule has 1 atom stereocenters. The Morgan fingerprint density at radius 1 is 1.43 bits per heavy atom. The highest BCUT2D eigenvalue weighted by Crippen LogP contribution is 2.32. The molecule has 0 aliphatic carbocycles. The van der Waals surface area contributed by atoms with E-state index >= 15 is 0 Å². The summed E-state index contributed by atoms with van der Waals surface area (Å²) in [5, 5.41) is 11.7. The summed E-state index contributed by atoms with van der Waals surface area (Å²) >= 11 is 0. The van der Waals surface area contributed by atoms with E-state index in [1.54, 1.807) is 6.08 Å². The second-order valence-corrected chi connectivity index (χ2v) is 5.17. The van der Waals surface area contributed by atoms with Crippen LogP contribution in [0.2, 0.25) is 0 Å². The summed E-state index contributed by atoms with van der Waals surface area (Å²) in [7, 11) is 0. The quantitative estimate of drug-likeness (QED) is 0.595. The van der Waals surface area contributed by atoms with E-state index in [0.717, 1.165) is 24.2 Å². The molecule has 1 heterocycles. The van der Waals surface area contributed by atoms with Gasteiger partial charge >= 0.3 is 0 Å². The van der Waals surface area contributed by atoms with Crippen molar-refractivity contribution in [3.05, 3.63) is 29.8 Å². The first-order valence-electron chi connectivity index (χ1n) is 7.15. The van der Waals surface area contributed by atoms with E-state index in [-0.39, 0.29) is 25.2 Å². The number of aliphatic hydroxyl groups is 1. The van der Waals surface area contributed by atoms with E-state index in [2.05, 4.69) is 5.32 Å². The first kappa shape index (κ1) is 15.4. The van der Waals surface area contributed by atoms with Gasteiger partial charge in [-0.1, -0.05) is 13.0 Å². The number of nitrogens with one attached hydrogen (secondary N) is 1. The molecule has 1 amide bonds. The van der Waals surface area contributed by atoms with Gasteiger partial charge in [-0.2, -0.15) is 0 Å². The molecule has 1 aromatic rings. The summed E-state index contributed by atoms with van der Waals surface area (Å²) in [4.78, 5) is 11.7. The molecule has 5 nitrogen and oxygen atoms in total. The highest BCUT2D eigenvalue weighted by molar-refractivity contribution is 5.91. The Labute approximate surface area is 124 Å². The Morgan fingerprint density at radius 2 is 2.24 bits per heavy atom. The number of carbonyl (C=O) groups is 1. The average molecular weight is 291 g/mol. The van der Waals surface area contributed by atoms with Gasteiger partial charge in [0.15, 0.2) is 11.5 Å². The molecule has 5 heteroatoms. The molecule has 1 aromatic carbocycles. The molecule has 2 N–H and O–H groups in total. The lowest BCUT2D eigenvalue weighted by Crippen LogP contribution is -2.22. The van der Waals surface area contributed by atoms with E-state index in [0.29, 0.717) is 12.3 Å². The van der Waals surface area contributed by atoms with Gasteiger partial charge in [0, 0.05) is 19.2 Å². The van der Waals surface area contributed by atoms with Crippen LogP contribution >= 0.6 is 0 Å². The Kier molecular flexibility index (Phi) is 5.63. The monoisotopic (exact) mass is 291 g/mol. The predicted octanol–water partition coefficient (Wildman–Crippen LogP) is 1.95. The largest absolute Gasteiger partial charge is 0.454 e. The third-order valence-corrected chi connectivity index (χ3v) is 3.31. The maximum Gasteiger partial charge on any atom is 0.243 e. The summed E-state index contributed by atoms with van der Waals surface area (Å²) in [5.74, 6) is 1.60. The molecule has 2 rings (SSSR count). The highest BCUT2D eigenvalue weighted by Gasteiger charge is 2.12. The molecule has 1 aliphatic rings. The molecular weight excluding hydrogens is 270 g/mol. The van der Waals surface area contributed by atoms with Gasteiger partial charge in [-0.25, -0.2) is 0 Å². The lowest BCUT2D eigenvalue weighted by atomic mass is 10.1. The van der Waals surface area contributed by atoms with E-state index in [4.69, 9.17) is 14.6 Å². The normalized spacial score (nSPS) is 14.4. The van der Waals surface area contributed by atoms with Gasteiger partial charge in [0.2, 0.25) is 12.7 Å². The molecule has 114 valence electrons. The molecule has 0 spiro atoms. The molecule has 0 radical (unpaired) electrons. The third-order valence-electron chi connectivity index (χ3n) is 3.31. The van der Waals surface area contributed by atoms with Crippen LogP contribution < -0.4 is 14.8 Å². The molecule has 1 aliphatic heterocycles. The van der Waals surface area contributed by atoms with Gasteiger partial charge in [-0.05, 0) is 42.5 Å². The van der Waals surface area contributed by atoms with Crippen molar-refractivity contribution in [2.45, 2.75) is 19.8 Å². The molecule has 0 aromatic heterocycles. The van der Waals surface area contributed by atoms with E-state index < -0.39 is 0 Å². The fourth-order valence-electron chi connectivity index (χ4n) is 2.00. The fourth-order valence-corrected chi connectivity index (χ4v) is 2.00. The standard InChI is InChI=1S/C16H21NO4/c1-12(10-18)3-2-8-17-16(19)7-5-13-4-6-14-15(9-13)21-11-20-14/h4-7,9,12,18H,2-3,8,10-11H2,1H3,(H,17,19)/b7-5+. The molecular formula is C16H21NO4. The minimum atomic E-state index is -0.121. The first-order valence-corrected chi connectivity index (χ1v) is 7.15. The second-order valence-electron chi connectivity index (χ2n) is 5.17. The second kappa shape index (κ2) is 7.69. The number of fused-ring (bicyclic) bond motifs is 1. The third kappa shape index (κ3) is 4.79. The minimum Gasteiger partial charge on any atom is -0.454 e. The molecule has 0 saturated heterocycles. The lowest BCUT2D eigenvalue weighted by molar-refractivity contribution is -0.116. The maximum atomic E-state index is 11.7. The van der Waals surface area contributed by atoms with Crippen molar-refractivity contribution >= 4 is 12.0 Å². The van der Waals surface area contributed by atoms with E-state index in [1.165, 1.54) is 6.08 Å². The summed E-state index contributed by atoms with van der Waals surface area (Å²) in [5.41, 5.74) is 0.892. The van der Waals surface area contributed by atoms with E-state index in [1.807, 2.05) is 25.1 Å². The molecule has 21 heavy (non-hydrogen) atoms. The van der Waals surface area contributed by atoms with Crippen molar-refractivity contribution in [1.82, 2.24) is 5.32 Å². The van der Waals surface area contributed by atoms with Crippen LogP contribution in [0, 0.1) is 5.92 Å². The average Bonchev–Trinajstić information content (AvgIpc) is 2.96. The van der Waals surface area contributed by atoms with Crippen LogP contribution in [0.15, 0.2) is 24.3 Å². The zero-order valence-electron chi connectivity index (χ0n) is 12.2. The number of rotatable bonds is 7. The Morgan fingerprint density at radius 3 is 3.05 bits per heavy atom. The van der Waals surface area contributed by atoms with Crippen LogP contribution in [0.3, 0.4) is 0 Å². The number of carbonyl (C=O) groups excluding carboxylic acids is 1. The lowest BCUT2D eigenvalue weighted by Gasteiger charge is -2.07. The number of hydrogen-bond acceptors (Lipinski definition) is 4. The smallest absolute Gasteiger partial charge is 0.243 e. The van der Waals surface area contributed by atoms with Crippen LogP contribution in [0.1, 0.15) is 25.3 Å². The maximum absolute atomic E-state index is 11.7. The van der Waals surface area contributed by atoms with Gasteiger partial charge in [0.1, 0.15) is 0 Å². The zero-order chi connectivity index (χ0) is 15.1. The predicted molar refractivity (Wildman–Crippen MR) is 80.1 cm³/mol. The number of amides is 1. The number of ether oxygens (including phenoxy) is 2. The van der Waals surface area contributed by atoms with Crippen LogP contribution in [-0.2, 0) is 4.79 Å². The Bertz CT molecular complexity index is 513. The van der Waals surface area contributed by atoms with Crippen molar-refractivity contribution in [2.24, 2.45) is 5.92 Å². The van der Waals surface area contributed by atoms with E-state index in [9.17, 15) is 4.79 Å². The van der Waals surface area contributed by atoms with Gasteiger partial charge in [0.25, 0.3) is 0 Å². The van der Waals surface area contributed by atoms with Crippen LogP contribution in [0.4, 0.5) is 0 Å². The minimum absolute atomic E-state index is 0.121. The van der Waals surface area contributed by atoms with Crippen molar-refractivity contribution in [2.75, 3.05) is 19.9 Å². The highest BCUT2D eigenvalue weighted by atomic mass is 16.7. The van der Waals surface area contributed by atoms with Crippen molar-refractivity contribution in [1.29, 1.82) is 0 Å². The number of benzene rings is 1. The number of hydrogen-bond donors (Lipinski definition) is 2. The van der Waals surface area contributed by atoms with Gasteiger partial charge in [-0.3, -0.25) is 4.79 Å². The Balaban J connectivity index is 1.74. The molecule has 0 fully saturated rings. The van der Waals surface area contributed by atoms with Crippen molar-refractivity contribution < 1.29 is 19.4 Å². The fraction of sp³-hybridized carbons (Fsp3) is 0.438. The van der Waals surface area contributed by atoms with Gasteiger partial charge in [0.05, 0.1) is 0 Å². The Hall–Kier alpha value is -2.01. The topological polar surface area (TPSA) is 67.8 Å². The van der Waals surface area contributed by atoms with Crippen LogP contribution in [0.25, 0.3) is 6.08 Å². The van der Waals surface area contributed by atoms with Crippen LogP contribution in [-0.4, -0.2) is 31.0 Å². The number of aliphatic hydroxyl groups excluding tert-OH is 1. The summed E-state index contributed by atoms with van der Waals surface area (Å²) in [6.45, 7) is 3.04. The molecule has 1 unspecified atom stereocenters. The first-order chi connectivity index (χ1) is 10.2. The van der Waals surface area contributed by atoms with Gasteiger partial charge < -0.3 is 19.9 Å². The summed E-state index contributed by atoms with van der Waals surface area (Å²) < 4.78 is 10.5.